The SMILES string of the molecule is CC[C@@H](C)NC(=O)[C@@H](Cc1ccccc1)N(Cc1cccc(Cl)c1)C(=O)CCCN(c1ccc(OC)cc1)S(C)(=O)=O. The van der Waals surface area contributed by atoms with Crippen molar-refractivity contribution in [2.75, 3.05) is 24.2 Å². The van der Waals surface area contributed by atoms with Crippen LogP contribution >= 0.6 is 11.6 Å². The Bertz CT molecular complexity index is 1420. The van der Waals surface area contributed by atoms with Gasteiger partial charge >= 0.3 is 0 Å². The van der Waals surface area contributed by atoms with Gasteiger partial charge in [0.25, 0.3) is 0 Å². The monoisotopic (exact) mass is 613 g/mol. The average Bonchev–Trinajstić information content (AvgIpc) is 2.97. The zero-order valence-electron chi connectivity index (χ0n) is 24.6. The topological polar surface area (TPSA) is 96.0 Å². The molecule has 42 heavy (non-hydrogen) atoms. The zero-order valence-corrected chi connectivity index (χ0v) is 26.2. The van der Waals surface area contributed by atoms with E-state index in [0.29, 0.717) is 22.9 Å². The minimum absolute atomic E-state index is 0.0463. The fourth-order valence-electron chi connectivity index (χ4n) is 4.58. The van der Waals surface area contributed by atoms with Crippen LogP contribution < -0.4 is 14.4 Å². The molecule has 1 N–H and O–H groups in total. The first kappa shape index (κ1) is 32.9. The van der Waals surface area contributed by atoms with Crippen molar-refractivity contribution in [3.05, 3.63) is 95.0 Å². The summed E-state index contributed by atoms with van der Waals surface area (Å²) in [7, 11) is -2.07. The normalized spacial score (nSPS) is 12.7. The van der Waals surface area contributed by atoms with Crippen LogP contribution in [0.4, 0.5) is 5.69 Å². The van der Waals surface area contributed by atoms with E-state index in [1.165, 1.54) is 4.31 Å². The molecule has 3 aromatic carbocycles. The van der Waals surface area contributed by atoms with E-state index >= 15 is 0 Å². The minimum atomic E-state index is -3.61. The molecule has 2 amide bonds. The van der Waals surface area contributed by atoms with Gasteiger partial charge in [0.05, 0.1) is 19.1 Å². The van der Waals surface area contributed by atoms with Crippen molar-refractivity contribution in [1.82, 2.24) is 10.2 Å². The Morgan fingerprint density at radius 3 is 2.24 bits per heavy atom. The summed E-state index contributed by atoms with van der Waals surface area (Å²) in [6.45, 7) is 4.20. The number of hydrogen-bond donors (Lipinski definition) is 1. The van der Waals surface area contributed by atoms with E-state index in [4.69, 9.17) is 16.3 Å². The third kappa shape index (κ3) is 9.77. The number of nitrogens with one attached hydrogen (secondary N) is 1. The second kappa shape index (κ2) is 15.6. The van der Waals surface area contributed by atoms with Crippen LogP contribution in [0.2, 0.25) is 5.02 Å². The highest BCUT2D eigenvalue weighted by Crippen LogP contribution is 2.23. The highest BCUT2D eigenvalue weighted by molar-refractivity contribution is 7.92. The van der Waals surface area contributed by atoms with E-state index in [1.807, 2.05) is 56.3 Å². The Hall–Kier alpha value is -3.56. The van der Waals surface area contributed by atoms with E-state index in [9.17, 15) is 18.0 Å². The fraction of sp³-hybridized carbons (Fsp3) is 0.375. The summed E-state index contributed by atoms with van der Waals surface area (Å²) in [5.74, 6) is 0.122. The number of carbonyl (C=O) groups is 2. The fourth-order valence-corrected chi connectivity index (χ4v) is 5.76. The van der Waals surface area contributed by atoms with Gasteiger partial charge in [-0.05, 0) is 67.3 Å². The molecule has 0 radical (unpaired) electrons. The van der Waals surface area contributed by atoms with Crippen molar-refractivity contribution in [1.29, 1.82) is 0 Å². The minimum Gasteiger partial charge on any atom is -0.497 e. The highest BCUT2D eigenvalue weighted by Gasteiger charge is 2.31. The molecule has 0 aliphatic rings. The van der Waals surface area contributed by atoms with Crippen molar-refractivity contribution in [2.45, 2.75) is 58.2 Å². The summed E-state index contributed by atoms with van der Waals surface area (Å²) in [5, 5.41) is 3.58. The molecular formula is C32H40ClN3O5S. The van der Waals surface area contributed by atoms with Gasteiger partial charge in [-0.1, -0.05) is 61.0 Å². The molecule has 0 unspecified atom stereocenters. The van der Waals surface area contributed by atoms with Crippen molar-refractivity contribution < 1.29 is 22.7 Å². The number of ether oxygens (including phenoxy) is 1. The van der Waals surface area contributed by atoms with E-state index in [-0.39, 0.29) is 43.8 Å². The number of nitrogens with zero attached hydrogens (tertiary/aromatic N) is 2. The quantitative estimate of drug-likeness (QED) is 0.246. The molecule has 0 bridgehead atoms. The smallest absolute Gasteiger partial charge is 0.243 e. The molecule has 0 spiro atoms. The summed E-state index contributed by atoms with van der Waals surface area (Å²) >= 11 is 6.25. The van der Waals surface area contributed by atoms with Gasteiger partial charge in [0.1, 0.15) is 11.8 Å². The Morgan fingerprint density at radius 1 is 0.976 bits per heavy atom. The lowest BCUT2D eigenvalue weighted by molar-refractivity contribution is -0.141. The Labute approximate surface area is 254 Å². The molecule has 0 saturated carbocycles. The number of anilines is 1. The predicted molar refractivity (Wildman–Crippen MR) is 168 cm³/mol. The van der Waals surface area contributed by atoms with E-state index in [2.05, 4.69) is 5.32 Å². The van der Waals surface area contributed by atoms with Crippen LogP contribution in [0.3, 0.4) is 0 Å². The molecule has 0 fully saturated rings. The van der Waals surface area contributed by atoms with Gasteiger partial charge in [0.15, 0.2) is 0 Å². The Balaban J connectivity index is 1.88. The lowest BCUT2D eigenvalue weighted by Gasteiger charge is -2.32. The van der Waals surface area contributed by atoms with Crippen LogP contribution in [0.1, 0.15) is 44.2 Å². The molecule has 0 aromatic heterocycles. The van der Waals surface area contributed by atoms with Crippen LogP contribution in [-0.2, 0) is 32.6 Å². The lowest BCUT2D eigenvalue weighted by atomic mass is 10.0. The summed E-state index contributed by atoms with van der Waals surface area (Å²) < 4.78 is 31.7. The van der Waals surface area contributed by atoms with Gasteiger partial charge in [0, 0.05) is 37.0 Å². The van der Waals surface area contributed by atoms with Crippen molar-refractivity contribution >= 4 is 39.1 Å². The molecule has 226 valence electrons. The third-order valence-corrected chi connectivity index (χ3v) is 8.46. The van der Waals surface area contributed by atoms with Crippen LogP contribution in [-0.4, -0.2) is 57.1 Å². The molecule has 10 heteroatoms. The molecule has 3 aromatic rings. The van der Waals surface area contributed by atoms with Gasteiger partial charge in [0.2, 0.25) is 21.8 Å². The number of hydrogen-bond acceptors (Lipinski definition) is 5. The summed E-state index contributed by atoms with van der Waals surface area (Å²) in [5.41, 5.74) is 2.20. The van der Waals surface area contributed by atoms with Gasteiger partial charge in [-0.3, -0.25) is 13.9 Å². The van der Waals surface area contributed by atoms with Crippen molar-refractivity contribution in [3.8, 4) is 5.75 Å². The number of carbonyl (C=O) groups excluding carboxylic acids is 2. The van der Waals surface area contributed by atoms with Gasteiger partial charge in [-0.2, -0.15) is 0 Å². The highest BCUT2D eigenvalue weighted by atomic mass is 35.5. The summed E-state index contributed by atoms with van der Waals surface area (Å²) in [4.78, 5) is 29.1. The lowest BCUT2D eigenvalue weighted by Crippen LogP contribution is -2.52. The molecule has 0 saturated heterocycles. The molecule has 0 aliphatic carbocycles. The van der Waals surface area contributed by atoms with Crippen LogP contribution in [0.15, 0.2) is 78.9 Å². The zero-order chi connectivity index (χ0) is 30.7. The third-order valence-electron chi connectivity index (χ3n) is 7.03. The maximum absolute atomic E-state index is 13.9. The number of methoxy groups -OCH3 is 1. The van der Waals surface area contributed by atoms with Crippen LogP contribution in [0.5, 0.6) is 5.75 Å². The molecule has 2 atom stereocenters. The molecule has 0 heterocycles. The number of amides is 2. The Kier molecular flexibility index (Phi) is 12.2. The number of rotatable bonds is 15. The largest absolute Gasteiger partial charge is 0.497 e. The van der Waals surface area contributed by atoms with Crippen molar-refractivity contribution in [3.63, 3.8) is 0 Å². The van der Waals surface area contributed by atoms with Gasteiger partial charge < -0.3 is 15.0 Å². The average molecular weight is 614 g/mol. The summed E-state index contributed by atoms with van der Waals surface area (Å²) in [6.07, 6.45) is 2.52. The second-order valence-corrected chi connectivity index (χ2v) is 12.7. The van der Waals surface area contributed by atoms with Gasteiger partial charge in [-0.15, -0.1) is 0 Å². The standard InChI is InChI=1S/C32H40ClN3O5S/c1-5-24(2)34-32(38)30(22-25-11-7-6-8-12-25)35(23-26-13-9-14-27(33)21-26)31(37)15-10-20-36(42(4,39)40)28-16-18-29(41-3)19-17-28/h6-9,11-14,16-19,21,24,30H,5,10,15,20,22-23H2,1-4H3,(H,34,38)/t24-,30-/m1/s1. The maximum atomic E-state index is 13.9. The number of sulfonamides is 1. The Morgan fingerprint density at radius 2 is 1.64 bits per heavy atom. The van der Waals surface area contributed by atoms with Crippen LogP contribution in [0, 0.1) is 0 Å². The van der Waals surface area contributed by atoms with Crippen LogP contribution in [0.25, 0.3) is 0 Å². The first-order valence-corrected chi connectivity index (χ1v) is 16.2. The van der Waals surface area contributed by atoms with Gasteiger partial charge in [-0.25, -0.2) is 8.42 Å². The van der Waals surface area contributed by atoms with Crippen molar-refractivity contribution in [2.24, 2.45) is 0 Å². The predicted octanol–water partition coefficient (Wildman–Crippen LogP) is 5.45. The van der Waals surface area contributed by atoms with E-state index < -0.39 is 16.1 Å². The number of halogens is 1. The molecule has 3 rings (SSSR count). The molecular weight excluding hydrogens is 574 g/mol. The number of benzene rings is 3. The maximum Gasteiger partial charge on any atom is 0.243 e. The summed E-state index contributed by atoms with van der Waals surface area (Å²) in [6, 6.07) is 22.7. The second-order valence-electron chi connectivity index (χ2n) is 10.3. The first-order chi connectivity index (χ1) is 20.0. The molecule has 0 aliphatic heterocycles. The molecule has 8 nitrogen and oxygen atoms in total. The van der Waals surface area contributed by atoms with E-state index in [1.54, 1.807) is 48.4 Å². The first-order valence-electron chi connectivity index (χ1n) is 14.0. The van der Waals surface area contributed by atoms with E-state index in [0.717, 1.165) is 23.8 Å².